The first kappa shape index (κ1) is 25.3. The van der Waals surface area contributed by atoms with Crippen LogP contribution in [-0.4, -0.2) is 25.9 Å². The second-order valence-electron chi connectivity index (χ2n) is 7.95. The molecule has 12 heteroatoms. The fourth-order valence-corrected chi connectivity index (χ4v) is 4.88. The number of aryl methyl sites for hydroxylation is 2. The monoisotopic (exact) mass is 524 g/mol. The minimum Gasteiger partial charge on any atom is -0.282 e. The molecule has 0 saturated heterocycles. The first-order valence-electron chi connectivity index (χ1n) is 10.4. The van der Waals surface area contributed by atoms with Gasteiger partial charge >= 0.3 is 0 Å². The fraction of sp³-hybridized carbons (Fsp3) is 0.0833. The summed E-state index contributed by atoms with van der Waals surface area (Å²) in [6.07, 6.45) is 0. The summed E-state index contributed by atoms with van der Waals surface area (Å²) in [6.45, 7) is 3.76. The smallest absolute Gasteiger partial charge is 0.282 e. The van der Waals surface area contributed by atoms with E-state index in [9.17, 15) is 25.9 Å². The molecule has 2 N–H and O–H groups in total. The zero-order chi connectivity index (χ0) is 26.1. The van der Waals surface area contributed by atoms with Gasteiger partial charge in [0.15, 0.2) is 0 Å². The van der Waals surface area contributed by atoms with E-state index in [1.54, 1.807) is 25.1 Å². The highest BCUT2D eigenvalue weighted by Crippen LogP contribution is 2.34. The van der Waals surface area contributed by atoms with Crippen LogP contribution in [0, 0.1) is 13.8 Å². The Hall–Kier alpha value is -3.84. The van der Waals surface area contributed by atoms with E-state index in [2.05, 4.69) is 20.5 Å². The van der Waals surface area contributed by atoms with Crippen molar-refractivity contribution in [3.63, 3.8) is 0 Å². The van der Waals surface area contributed by atoms with Crippen molar-refractivity contribution in [2.45, 2.75) is 23.6 Å². The molecule has 4 aromatic carbocycles. The Morgan fingerprint density at radius 3 is 1.83 bits per heavy atom. The fourth-order valence-electron chi connectivity index (χ4n) is 3.46. The van der Waals surface area contributed by atoms with Crippen LogP contribution in [0.2, 0.25) is 0 Å². The van der Waals surface area contributed by atoms with Gasteiger partial charge in [-0.15, -0.1) is 0 Å². The third-order valence-electron chi connectivity index (χ3n) is 5.23. The number of fused-ring (bicyclic) bond motifs is 1. The molecule has 0 atom stereocenters. The van der Waals surface area contributed by atoms with E-state index in [4.69, 9.17) is 0 Å². The topological polar surface area (TPSA) is 158 Å². The molecule has 0 aliphatic rings. The molecule has 0 fully saturated rings. The molecule has 0 aliphatic heterocycles. The van der Waals surface area contributed by atoms with Gasteiger partial charge in [0, 0.05) is 10.8 Å². The number of rotatable bonds is 6. The zero-order valence-corrected chi connectivity index (χ0v) is 20.7. The van der Waals surface area contributed by atoms with E-state index in [0.717, 1.165) is 17.7 Å². The minimum atomic E-state index is -4.74. The van der Waals surface area contributed by atoms with Crippen LogP contribution in [0.5, 0.6) is 0 Å². The Morgan fingerprint density at radius 1 is 0.583 bits per heavy atom. The average molecular weight is 525 g/mol. The standard InChI is InChI=1S/C24H20N4O6S2/c1-15-6-8-17(9-7-15)25-26-18-10-11-22(16(2)12-18)28-27-19-13-21-20(24(14-19)36(32,33)34)4-3-5-23(21)35(29,30)31/h3-14H,1-2H3,(H,29,30,31)(H,32,33,34). The number of nitrogens with zero attached hydrogens (tertiary/aromatic N) is 4. The molecule has 0 spiro atoms. The van der Waals surface area contributed by atoms with Gasteiger partial charge in [0.25, 0.3) is 20.2 Å². The van der Waals surface area contributed by atoms with Gasteiger partial charge in [-0.1, -0.05) is 29.8 Å². The van der Waals surface area contributed by atoms with E-state index in [-0.39, 0.29) is 16.5 Å². The van der Waals surface area contributed by atoms with Crippen molar-refractivity contribution in [3.05, 3.63) is 83.9 Å². The van der Waals surface area contributed by atoms with Crippen LogP contribution in [-0.2, 0) is 20.2 Å². The summed E-state index contributed by atoms with van der Waals surface area (Å²) in [5, 5.41) is 16.3. The van der Waals surface area contributed by atoms with Gasteiger partial charge < -0.3 is 0 Å². The second-order valence-corrected chi connectivity index (χ2v) is 10.7. The maximum atomic E-state index is 12.0. The maximum absolute atomic E-state index is 12.0. The van der Waals surface area contributed by atoms with E-state index in [1.165, 1.54) is 18.2 Å². The molecule has 0 radical (unpaired) electrons. The summed E-state index contributed by atoms with van der Waals surface area (Å²) in [5.74, 6) is 0. The van der Waals surface area contributed by atoms with Gasteiger partial charge in [0.1, 0.15) is 9.79 Å². The summed E-state index contributed by atoms with van der Waals surface area (Å²) in [7, 11) is -9.43. The number of hydrogen-bond acceptors (Lipinski definition) is 8. The van der Waals surface area contributed by atoms with Crippen LogP contribution in [0.3, 0.4) is 0 Å². The lowest BCUT2D eigenvalue weighted by Gasteiger charge is -2.09. The van der Waals surface area contributed by atoms with E-state index in [0.29, 0.717) is 22.6 Å². The van der Waals surface area contributed by atoms with E-state index < -0.39 is 30.0 Å². The van der Waals surface area contributed by atoms with Crippen molar-refractivity contribution in [2.24, 2.45) is 20.5 Å². The summed E-state index contributed by atoms with van der Waals surface area (Å²) >= 11 is 0. The Balaban J connectivity index is 1.71. The molecule has 0 saturated carbocycles. The highest BCUT2D eigenvalue weighted by Gasteiger charge is 2.21. The first-order chi connectivity index (χ1) is 16.9. The molecule has 0 aliphatic carbocycles. The zero-order valence-electron chi connectivity index (χ0n) is 19.1. The van der Waals surface area contributed by atoms with Gasteiger partial charge in [0.05, 0.1) is 22.7 Å². The van der Waals surface area contributed by atoms with Crippen LogP contribution in [0.4, 0.5) is 22.7 Å². The highest BCUT2D eigenvalue weighted by molar-refractivity contribution is 7.86. The third kappa shape index (κ3) is 5.69. The summed E-state index contributed by atoms with van der Waals surface area (Å²) in [5.41, 5.74) is 3.51. The maximum Gasteiger partial charge on any atom is 0.295 e. The van der Waals surface area contributed by atoms with Gasteiger partial charge in [0.2, 0.25) is 0 Å². The molecule has 4 aromatic rings. The lowest BCUT2D eigenvalue weighted by Crippen LogP contribution is -2.03. The SMILES string of the molecule is Cc1ccc(N=Nc2ccc(N=Nc3cc(S(=O)(=O)O)c4cccc(S(=O)(=O)O)c4c3)c(C)c2)cc1. The predicted octanol–water partition coefficient (Wildman–Crippen LogP) is 6.78. The first-order valence-corrected chi connectivity index (χ1v) is 13.3. The van der Waals surface area contributed by atoms with Crippen molar-refractivity contribution in [2.75, 3.05) is 0 Å². The van der Waals surface area contributed by atoms with E-state index >= 15 is 0 Å². The van der Waals surface area contributed by atoms with Crippen molar-refractivity contribution >= 4 is 53.8 Å². The van der Waals surface area contributed by atoms with Gasteiger partial charge in [-0.05, 0) is 67.9 Å². The van der Waals surface area contributed by atoms with Crippen LogP contribution in [0.1, 0.15) is 11.1 Å². The molecular formula is C24H20N4O6S2. The van der Waals surface area contributed by atoms with Crippen molar-refractivity contribution < 1.29 is 25.9 Å². The number of benzene rings is 4. The van der Waals surface area contributed by atoms with Gasteiger partial charge in [-0.2, -0.15) is 37.3 Å². The highest BCUT2D eigenvalue weighted by atomic mass is 32.2. The van der Waals surface area contributed by atoms with Gasteiger partial charge in [-0.25, -0.2) is 0 Å². The van der Waals surface area contributed by atoms with Crippen LogP contribution < -0.4 is 0 Å². The largest absolute Gasteiger partial charge is 0.295 e. The lowest BCUT2D eigenvalue weighted by atomic mass is 10.1. The number of azo groups is 2. The molecule has 4 rings (SSSR count). The van der Waals surface area contributed by atoms with Crippen molar-refractivity contribution in [1.82, 2.24) is 0 Å². The quantitative estimate of drug-likeness (QED) is 0.209. The van der Waals surface area contributed by atoms with E-state index in [1.807, 2.05) is 31.2 Å². The van der Waals surface area contributed by atoms with Crippen molar-refractivity contribution in [1.29, 1.82) is 0 Å². The Kier molecular flexibility index (Phi) is 6.78. The second kappa shape index (κ2) is 9.66. The molecule has 0 bridgehead atoms. The predicted molar refractivity (Wildman–Crippen MR) is 134 cm³/mol. The van der Waals surface area contributed by atoms with Crippen LogP contribution >= 0.6 is 0 Å². The third-order valence-corrected chi connectivity index (χ3v) is 7.03. The molecule has 0 heterocycles. The van der Waals surface area contributed by atoms with Crippen LogP contribution in [0.25, 0.3) is 10.8 Å². The summed E-state index contributed by atoms with van der Waals surface area (Å²) < 4.78 is 66.8. The molecule has 10 nitrogen and oxygen atoms in total. The Bertz CT molecular complexity index is 1750. The molecular weight excluding hydrogens is 504 g/mol. The van der Waals surface area contributed by atoms with Crippen molar-refractivity contribution in [3.8, 4) is 0 Å². The van der Waals surface area contributed by atoms with Crippen LogP contribution in [0.15, 0.2) is 103 Å². The van der Waals surface area contributed by atoms with Gasteiger partial charge in [-0.3, -0.25) is 9.11 Å². The average Bonchev–Trinajstić information content (AvgIpc) is 2.81. The lowest BCUT2D eigenvalue weighted by molar-refractivity contribution is 0.481. The molecule has 0 amide bonds. The molecule has 36 heavy (non-hydrogen) atoms. The minimum absolute atomic E-state index is 0.0474. The molecule has 0 aromatic heterocycles. The number of hydrogen-bond donors (Lipinski definition) is 2. The molecule has 0 unspecified atom stereocenters. The Morgan fingerprint density at radius 2 is 1.19 bits per heavy atom. The summed E-state index contributed by atoms with van der Waals surface area (Å²) in [6, 6.07) is 18.6. The normalized spacial score (nSPS) is 12.7. The Labute approximate surface area is 207 Å². The molecule has 184 valence electrons. The summed E-state index contributed by atoms with van der Waals surface area (Å²) in [4.78, 5) is -1.09.